The third-order valence-corrected chi connectivity index (χ3v) is 8.70. The van der Waals surface area contributed by atoms with Crippen molar-refractivity contribution in [2.45, 2.75) is 20.8 Å². The van der Waals surface area contributed by atoms with Gasteiger partial charge in [0.15, 0.2) is 5.75 Å². The number of aromatic nitrogens is 1. The Labute approximate surface area is 354 Å². The van der Waals surface area contributed by atoms with E-state index in [9.17, 15) is 9.90 Å². The van der Waals surface area contributed by atoms with Crippen LogP contribution in [0.1, 0.15) is 29.8 Å². The standard InChI is InChI=1S/C36H27N5O2.C8H10N.C2H6.CH3.Y/c1-22-11-14-25(15-12-22)37-26-16-18-27(19-17-26)40-41-34-32-23(13-20-29-28-9-5-6-10-31(28)39-33(29)32)21-30(35(34)42)36(43)38-24-7-3-2-4-8-24;1-9(2)8-6-4-3-5-7-8;1-2;;/h2-21,37,39,42H,1H3,(H,38,43);4-7H,1-2H3;1-2H3;1H3;/q;-1;;-1;. The molecule has 4 N–H and O–H groups in total. The van der Waals surface area contributed by atoms with Gasteiger partial charge in [-0.25, -0.2) is 0 Å². The molecule has 0 atom stereocenters. The first kappa shape index (κ1) is 42.9. The molecule has 56 heavy (non-hydrogen) atoms. The van der Waals surface area contributed by atoms with Crippen LogP contribution in [0, 0.1) is 20.4 Å². The molecule has 0 saturated carbocycles. The quantitative estimate of drug-likeness (QED) is 0.0950. The number of aromatic amines is 1. The first-order valence-corrected chi connectivity index (χ1v) is 17.9. The molecule has 8 nitrogen and oxygen atoms in total. The van der Waals surface area contributed by atoms with Crippen LogP contribution >= 0.6 is 0 Å². The van der Waals surface area contributed by atoms with E-state index in [-0.39, 0.29) is 57.1 Å². The van der Waals surface area contributed by atoms with Gasteiger partial charge in [0.05, 0.1) is 16.8 Å². The zero-order valence-corrected chi connectivity index (χ0v) is 35.5. The molecular weight excluding hydrogens is 769 g/mol. The molecule has 0 unspecified atom stereocenters. The number of amides is 1. The minimum absolute atomic E-state index is 0. The summed E-state index contributed by atoms with van der Waals surface area (Å²) >= 11 is 0. The van der Waals surface area contributed by atoms with Gasteiger partial charge in [-0.3, -0.25) is 4.79 Å². The SMILES string of the molecule is CC.CN(C)c1cc[c-]cc1.Cc1ccc(Nc2ccc(N=Nc3c(O)c(C(=O)Nc4ccccc4)cc4ccc5c6ccccc6[nH]c5c34)cc2)cc1.[CH3-].[Y]. The van der Waals surface area contributed by atoms with Crippen LogP contribution in [-0.4, -0.2) is 30.1 Å². The Morgan fingerprint density at radius 1 is 0.732 bits per heavy atom. The number of nitrogens with one attached hydrogen (secondary N) is 3. The van der Waals surface area contributed by atoms with Crippen molar-refractivity contribution in [1.82, 2.24) is 4.98 Å². The number of hydrogen-bond donors (Lipinski definition) is 4. The molecule has 1 heterocycles. The van der Waals surface area contributed by atoms with Gasteiger partial charge >= 0.3 is 0 Å². The Morgan fingerprint density at radius 2 is 1.36 bits per heavy atom. The number of benzene rings is 7. The summed E-state index contributed by atoms with van der Waals surface area (Å²) < 4.78 is 0. The molecular formula is C47H46N6O2Y-2. The average molecular weight is 816 g/mol. The molecule has 1 aromatic heterocycles. The first-order valence-electron chi connectivity index (χ1n) is 17.9. The van der Waals surface area contributed by atoms with Crippen molar-refractivity contribution in [1.29, 1.82) is 0 Å². The summed E-state index contributed by atoms with van der Waals surface area (Å²) in [6, 6.07) is 49.4. The topological polar surface area (TPSA) is 105 Å². The molecule has 1 radical (unpaired) electrons. The Kier molecular flexibility index (Phi) is 15.5. The van der Waals surface area contributed by atoms with Gasteiger partial charge in [-0.1, -0.05) is 85.8 Å². The number of aryl methyl sites for hydroxylation is 1. The number of phenols is 1. The van der Waals surface area contributed by atoms with E-state index in [1.807, 2.05) is 137 Å². The number of fused-ring (bicyclic) bond motifs is 5. The molecule has 1 amide bonds. The van der Waals surface area contributed by atoms with Crippen LogP contribution < -0.4 is 15.5 Å². The number of anilines is 4. The summed E-state index contributed by atoms with van der Waals surface area (Å²) in [5, 5.41) is 30.3. The second-order valence-corrected chi connectivity index (χ2v) is 12.6. The van der Waals surface area contributed by atoms with Crippen LogP contribution in [0.15, 0.2) is 156 Å². The predicted molar refractivity (Wildman–Crippen MR) is 232 cm³/mol. The monoisotopic (exact) mass is 815 g/mol. The van der Waals surface area contributed by atoms with Gasteiger partial charge in [0.1, 0.15) is 5.69 Å². The predicted octanol–water partition coefficient (Wildman–Crippen LogP) is 12.9. The number of hydrogen-bond acceptors (Lipinski definition) is 6. The molecule has 0 aliphatic heterocycles. The summed E-state index contributed by atoms with van der Waals surface area (Å²) in [4.78, 5) is 18.9. The molecule has 0 bridgehead atoms. The minimum Gasteiger partial charge on any atom is -0.505 e. The molecule has 8 rings (SSSR count). The van der Waals surface area contributed by atoms with Crippen molar-refractivity contribution in [2.75, 3.05) is 29.6 Å². The summed E-state index contributed by atoms with van der Waals surface area (Å²) in [5.74, 6) is -0.682. The Bertz CT molecular complexity index is 2520. The molecule has 0 saturated heterocycles. The summed E-state index contributed by atoms with van der Waals surface area (Å²) in [6.07, 6.45) is 0. The fraction of sp³-hybridized carbons (Fsp3) is 0.106. The average Bonchev–Trinajstić information content (AvgIpc) is 3.59. The Balaban J connectivity index is 0.000000470. The van der Waals surface area contributed by atoms with Crippen LogP contribution in [0.4, 0.5) is 34.1 Å². The zero-order valence-electron chi connectivity index (χ0n) is 32.6. The molecule has 7 aromatic carbocycles. The third kappa shape index (κ3) is 10.1. The molecule has 8 aromatic rings. The van der Waals surface area contributed by atoms with Crippen LogP contribution in [0.5, 0.6) is 5.75 Å². The van der Waals surface area contributed by atoms with E-state index in [0.717, 1.165) is 38.6 Å². The maximum Gasteiger partial charge on any atom is 0.259 e. The maximum atomic E-state index is 13.4. The first-order chi connectivity index (χ1) is 26.3. The van der Waals surface area contributed by atoms with Gasteiger partial charge in [-0.15, -0.1) is 17.2 Å². The summed E-state index contributed by atoms with van der Waals surface area (Å²) in [6.45, 7) is 6.05. The van der Waals surface area contributed by atoms with E-state index in [1.54, 1.807) is 18.2 Å². The van der Waals surface area contributed by atoms with Crippen LogP contribution in [0.25, 0.3) is 32.6 Å². The number of nitrogens with zero attached hydrogens (tertiary/aromatic N) is 3. The largest absolute Gasteiger partial charge is 0.505 e. The van der Waals surface area contributed by atoms with Gasteiger partial charge in [0.2, 0.25) is 0 Å². The van der Waals surface area contributed by atoms with E-state index in [4.69, 9.17) is 0 Å². The maximum absolute atomic E-state index is 13.4. The number of H-pyrrole nitrogens is 1. The van der Waals surface area contributed by atoms with Crippen molar-refractivity contribution in [3.63, 3.8) is 0 Å². The number of azo groups is 1. The number of rotatable bonds is 7. The van der Waals surface area contributed by atoms with Crippen LogP contribution in [0.2, 0.25) is 0 Å². The molecule has 0 aliphatic rings. The van der Waals surface area contributed by atoms with E-state index in [1.165, 1.54) is 11.3 Å². The molecule has 0 spiro atoms. The van der Waals surface area contributed by atoms with Gasteiger partial charge < -0.3 is 33.1 Å². The summed E-state index contributed by atoms with van der Waals surface area (Å²) in [5.41, 5.74) is 7.65. The number of carbonyl (C=O) groups is 1. The fourth-order valence-electron chi connectivity index (χ4n) is 5.97. The number of aromatic hydroxyl groups is 1. The van der Waals surface area contributed by atoms with Crippen LogP contribution in [0.3, 0.4) is 0 Å². The molecule has 0 aliphatic carbocycles. The van der Waals surface area contributed by atoms with Gasteiger partial charge in [0.25, 0.3) is 5.91 Å². The Hall–Kier alpha value is -5.83. The number of carbonyl (C=O) groups excluding carboxylic acids is 1. The van der Waals surface area contributed by atoms with Crippen LogP contribution in [-0.2, 0) is 32.7 Å². The second kappa shape index (κ2) is 20.2. The normalized spacial score (nSPS) is 10.4. The zero-order chi connectivity index (χ0) is 38.0. The Morgan fingerprint density at radius 3 is 2.00 bits per heavy atom. The van der Waals surface area contributed by atoms with E-state index < -0.39 is 5.91 Å². The fourth-order valence-corrected chi connectivity index (χ4v) is 5.97. The smallest absolute Gasteiger partial charge is 0.259 e. The molecule has 281 valence electrons. The molecule has 9 heteroatoms. The van der Waals surface area contributed by atoms with Gasteiger partial charge in [-0.05, 0) is 73.0 Å². The minimum atomic E-state index is -0.440. The number of para-hydroxylation sites is 2. The third-order valence-electron chi connectivity index (χ3n) is 8.70. The molecule has 0 fully saturated rings. The summed E-state index contributed by atoms with van der Waals surface area (Å²) in [7, 11) is 4.05. The number of phenolic OH excluding ortho intramolecular Hbond substituents is 1. The van der Waals surface area contributed by atoms with E-state index >= 15 is 0 Å². The van der Waals surface area contributed by atoms with E-state index in [0.29, 0.717) is 16.8 Å². The van der Waals surface area contributed by atoms with Crippen molar-refractivity contribution in [2.24, 2.45) is 10.2 Å². The van der Waals surface area contributed by atoms with Gasteiger partial charge in [-0.2, -0.15) is 23.3 Å². The van der Waals surface area contributed by atoms with Crippen molar-refractivity contribution < 1.29 is 42.6 Å². The van der Waals surface area contributed by atoms with Crippen molar-refractivity contribution in [3.05, 3.63) is 170 Å². The van der Waals surface area contributed by atoms with E-state index in [2.05, 4.69) is 61.9 Å². The van der Waals surface area contributed by atoms with Crippen molar-refractivity contribution >= 4 is 72.6 Å². The van der Waals surface area contributed by atoms with Gasteiger partial charge in [0, 0.05) is 85.5 Å². The van der Waals surface area contributed by atoms with Crippen molar-refractivity contribution in [3.8, 4) is 5.75 Å². The second-order valence-electron chi connectivity index (χ2n) is 12.6.